The van der Waals surface area contributed by atoms with Crippen LogP contribution in [0.2, 0.25) is 28.2 Å². The highest BCUT2D eigenvalue weighted by Gasteiger charge is 2.45. The third-order valence-corrected chi connectivity index (χ3v) is 10.9. The molecule has 2 aromatic rings. The van der Waals surface area contributed by atoms with E-state index in [-0.39, 0.29) is 5.04 Å². The Balaban J connectivity index is 2.38. The molecule has 0 heterocycles. The van der Waals surface area contributed by atoms with Crippen molar-refractivity contribution in [3.8, 4) is 0 Å². The Morgan fingerprint density at radius 1 is 0.969 bits per heavy atom. The van der Waals surface area contributed by atoms with Crippen LogP contribution in [0.5, 0.6) is 0 Å². The first-order valence-corrected chi connectivity index (χ1v) is 13.9. The quantitative estimate of drug-likeness (QED) is 0.368. The predicted octanol–water partition coefficient (Wildman–Crippen LogP) is 7.31. The summed E-state index contributed by atoms with van der Waals surface area (Å²) < 4.78 is 47.9. The SMILES string of the molecule is CC(C)(C)[Si](C)(C)OC[C@@H](N[C@H](c1ccc(Cl)cc1)[C@H](O)c1cccc(Cl)c1)C(F)(F)F. The van der Waals surface area contributed by atoms with E-state index in [0.29, 0.717) is 21.2 Å². The molecule has 0 aliphatic carbocycles. The summed E-state index contributed by atoms with van der Waals surface area (Å²) in [5.41, 5.74) is 0.861. The van der Waals surface area contributed by atoms with Gasteiger partial charge < -0.3 is 9.53 Å². The standard InChI is InChI=1S/C23H30Cl2F3NO2Si/c1-22(2,3)32(4,5)31-14-19(23(26,27)28)29-20(15-9-11-17(24)12-10-15)21(30)16-7-6-8-18(25)13-16/h6-13,19-21,29-30H,14H2,1-5H3/t19-,20-,21-/m1/s1. The van der Waals surface area contributed by atoms with Crippen molar-refractivity contribution >= 4 is 31.5 Å². The van der Waals surface area contributed by atoms with Gasteiger partial charge in [-0.3, -0.25) is 5.32 Å². The minimum Gasteiger partial charge on any atom is -0.415 e. The number of aliphatic hydroxyl groups is 1. The summed E-state index contributed by atoms with van der Waals surface area (Å²) in [6.07, 6.45) is -5.87. The van der Waals surface area contributed by atoms with Crippen molar-refractivity contribution in [3.05, 3.63) is 69.7 Å². The second-order valence-corrected chi connectivity index (χ2v) is 15.0. The van der Waals surface area contributed by atoms with Crippen LogP contribution in [0, 0.1) is 0 Å². The van der Waals surface area contributed by atoms with Crippen molar-refractivity contribution in [1.82, 2.24) is 5.32 Å². The minimum absolute atomic E-state index is 0.237. The number of rotatable bonds is 8. The van der Waals surface area contributed by atoms with Gasteiger partial charge in [0.15, 0.2) is 8.32 Å². The highest BCUT2D eigenvalue weighted by atomic mass is 35.5. The summed E-state index contributed by atoms with van der Waals surface area (Å²) in [5.74, 6) is 0. The van der Waals surface area contributed by atoms with Crippen molar-refractivity contribution in [2.75, 3.05) is 6.61 Å². The molecule has 0 saturated carbocycles. The Morgan fingerprint density at radius 3 is 2.06 bits per heavy atom. The third-order valence-electron chi connectivity index (χ3n) is 5.93. The molecule has 0 unspecified atom stereocenters. The molecule has 32 heavy (non-hydrogen) atoms. The number of hydrogen-bond donors (Lipinski definition) is 2. The van der Waals surface area contributed by atoms with Crippen molar-refractivity contribution in [2.45, 2.75) is 63.3 Å². The molecule has 3 atom stereocenters. The van der Waals surface area contributed by atoms with Crippen molar-refractivity contribution in [1.29, 1.82) is 0 Å². The number of nitrogens with one attached hydrogen (secondary N) is 1. The molecule has 2 aromatic carbocycles. The molecular formula is C23H30Cl2F3NO2Si. The van der Waals surface area contributed by atoms with Crippen molar-refractivity contribution in [3.63, 3.8) is 0 Å². The summed E-state index contributed by atoms with van der Waals surface area (Å²) in [6, 6.07) is 9.71. The lowest BCUT2D eigenvalue weighted by Crippen LogP contribution is -2.52. The second-order valence-electron chi connectivity index (χ2n) is 9.36. The van der Waals surface area contributed by atoms with E-state index in [1.807, 2.05) is 33.9 Å². The van der Waals surface area contributed by atoms with Crippen LogP contribution in [0.25, 0.3) is 0 Å². The first-order valence-electron chi connectivity index (χ1n) is 10.3. The van der Waals surface area contributed by atoms with Crippen molar-refractivity contribution < 1.29 is 22.7 Å². The Hall–Kier alpha value is -1.09. The number of benzene rings is 2. The normalized spacial score (nSPS) is 16.0. The van der Waals surface area contributed by atoms with Gasteiger partial charge in [0.25, 0.3) is 0 Å². The van der Waals surface area contributed by atoms with Gasteiger partial charge in [0, 0.05) is 10.0 Å². The molecule has 0 aliphatic heterocycles. The zero-order chi connectivity index (χ0) is 24.3. The highest BCUT2D eigenvalue weighted by molar-refractivity contribution is 6.74. The Morgan fingerprint density at radius 2 is 1.56 bits per heavy atom. The van der Waals surface area contributed by atoms with Gasteiger partial charge in [0.1, 0.15) is 6.04 Å². The molecule has 9 heteroatoms. The van der Waals surface area contributed by atoms with E-state index in [4.69, 9.17) is 27.6 Å². The predicted molar refractivity (Wildman–Crippen MR) is 127 cm³/mol. The molecule has 0 fully saturated rings. The maximum absolute atomic E-state index is 14.0. The summed E-state index contributed by atoms with van der Waals surface area (Å²) in [5, 5.41) is 14.2. The number of alkyl halides is 3. The summed E-state index contributed by atoms with van der Waals surface area (Å²) >= 11 is 12.0. The number of aliphatic hydroxyl groups excluding tert-OH is 1. The first-order chi connectivity index (χ1) is 14.6. The Labute approximate surface area is 199 Å². The van der Waals surface area contributed by atoms with Crippen LogP contribution in [-0.2, 0) is 4.43 Å². The molecule has 2 N–H and O–H groups in total. The van der Waals surface area contributed by atoms with Crippen LogP contribution in [-0.4, -0.2) is 32.2 Å². The highest BCUT2D eigenvalue weighted by Crippen LogP contribution is 2.38. The van der Waals surface area contributed by atoms with Gasteiger partial charge in [0.05, 0.1) is 18.8 Å². The van der Waals surface area contributed by atoms with Crippen LogP contribution in [0.1, 0.15) is 44.0 Å². The fraction of sp³-hybridized carbons (Fsp3) is 0.478. The molecule has 0 spiro atoms. The molecule has 3 nitrogen and oxygen atoms in total. The Kier molecular flexibility index (Phi) is 8.87. The monoisotopic (exact) mass is 507 g/mol. The fourth-order valence-corrected chi connectivity index (χ4v) is 4.23. The van der Waals surface area contributed by atoms with Crippen LogP contribution in [0.15, 0.2) is 48.5 Å². The van der Waals surface area contributed by atoms with E-state index < -0.39 is 39.3 Å². The van der Waals surface area contributed by atoms with Crippen LogP contribution in [0.3, 0.4) is 0 Å². The van der Waals surface area contributed by atoms with Crippen LogP contribution >= 0.6 is 23.2 Å². The molecule has 0 amide bonds. The second kappa shape index (κ2) is 10.4. The maximum atomic E-state index is 14.0. The molecule has 0 aliphatic rings. The lowest BCUT2D eigenvalue weighted by atomic mass is 9.95. The van der Waals surface area contributed by atoms with Gasteiger partial charge >= 0.3 is 6.18 Å². The van der Waals surface area contributed by atoms with E-state index in [1.54, 1.807) is 42.5 Å². The van der Waals surface area contributed by atoms with E-state index in [2.05, 4.69) is 5.32 Å². The molecule has 178 valence electrons. The molecule has 0 saturated heterocycles. The van der Waals surface area contributed by atoms with Crippen LogP contribution in [0.4, 0.5) is 13.2 Å². The molecular weight excluding hydrogens is 478 g/mol. The van der Waals surface area contributed by atoms with Gasteiger partial charge in [-0.2, -0.15) is 13.2 Å². The van der Waals surface area contributed by atoms with Gasteiger partial charge in [-0.05, 0) is 53.5 Å². The summed E-state index contributed by atoms with van der Waals surface area (Å²) in [4.78, 5) is 0. The van der Waals surface area contributed by atoms with Crippen LogP contribution < -0.4 is 5.32 Å². The smallest absolute Gasteiger partial charge is 0.406 e. The summed E-state index contributed by atoms with van der Waals surface area (Å²) in [7, 11) is -2.42. The zero-order valence-electron chi connectivity index (χ0n) is 18.8. The largest absolute Gasteiger partial charge is 0.415 e. The zero-order valence-corrected chi connectivity index (χ0v) is 21.3. The summed E-state index contributed by atoms with van der Waals surface area (Å²) in [6.45, 7) is 9.15. The van der Waals surface area contributed by atoms with Crippen molar-refractivity contribution in [2.24, 2.45) is 0 Å². The third kappa shape index (κ3) is 7.20. The molecule has 0 aromatic heterocycles. The minimum atomic E-state index is -4.58. The lowest BCUT2D eigenvalue weighted by molar-refractivity contribution is -0.166. The van der Waals surface area contributed by atoms with E-state index in [0.717, 1.165) is 0 Å². The lowest BCUT2D eigenvalue weighted by Gasteiger charge is -2.38. The van der Waals surface area contributed by atoms with Gasteiger partial charge in [0.2, 0.25) is 0 Å². The van der Waals surface area contributed by atoms with E-state index in [9.17, 15) is 18.3 Å². The molecule has 0 radical (unpaired) electrons. The number of hydrogen-bond acceptors (Lipinski definition) is 3. The van der Waals surface area contributed by atoms with E-state index >= 15 is 0 Å². The van der Waals surface area contributed by atoms with Gasteiger partial charge in [-0.25, -0.2) is 0 Å². The topological polar surface area (TPSA) is 41.5 Å². The van der Waals surface area contributed by atoms with Gasteiger partial charge in [-0.1, -0.05) is 68.2 Å². The molecule has 2 rings (SSSR count). The maximum Gasteiger partial charge on any atom is 0.406 e. The average molecular weight is 508 g/mol. The van der Waals surface area contributed by atoms with Gasteiger partial charge in [-0.15, -0.1) is 0 Å². The Bertz CT molecular complexity index is 886. The fourth-order valence-electron chi connectivity index (χ4n) is 2.88. The number of halogens is 5. The van der Waals surface area contributed by atoms with E-state index in [1.165, 1.54) is 6.07 Å². The molecule has 0 bridgehead atoms. The first kappa shape index (κ1) is 27.2. The average Bonchev–Trinajstić information content (AvgIpc) is 2.66.